The zero-order valence-corrected chi connectivity index (χ0v) is 21.7. The molecule has 0 spiro atoms. The van der Waals surface area contributed by atoms with Crippen molar-refractivity contribution in [2.45, 2.75) is 13.5 Å². The fourth-order valence-electron chi connectivity index (χ4n) is 3.41. The zero-order valence-electron chi connectivity index (χ0n) is 17.8. The molecule has 1 fully saturated rings. The van der Waals surface area contributed by atoms with E-state index < -0.39 is 17.8 Å². The molecule has 4 rings (SSSR count). The first-order chi connectivity index (χ1) is 16.2. The second-order valence-corrected chi connectivity index (χ2v) is 9.64. The Bertz CT molecular complexity index is 1360. The molecule has 1 N–H and O–H groups in total. The van der Waals surface area contributed by atoms with Gasteiger partial charge in [0.05, 0.1) is 10.7 Å². The van der Waals surface area contributed by atoms with Crippen LogP contribution in [-0.4, -0.2) is 17.8 Å². The number of barbiturate groups is 1. The summed E-state index contributed by atoms with van der Waals surface area (Å²) in [4.78, 5) is 39.0. The van der Waals surface area contributed by atoms with Gasteiger partial charge in [0.1, 0.15) is 17.9 Å². The van der Waals surface area contributed by atoms with Gasteiger partial charge in [-0.3, -0.25) is 14.9 Å². The maximum absolute atomic E-state index is 13.1. The van der Waals surface area contributed by atoms with Crippen molar-refractivity contribution in [2.24, 2.45) is 0 Å². The Morgan fingerprint density at radius 3 is 2.50 bits per heavy atom. The Balaban J connectivity index is 1.59. The van der Waals surface area contributed by atoms with Crippen LogP contribution in [0.15, 0.2) is 75.2 Å². The minimum Gasteiger partial charge on any atom is -0.487 e. The smallest absolute Gasteiger partial charge is 0.335 e. The molecular formula is C25H17Br2ClN2O4. The van der Waals surface area contributed by atoms with Gasteiger partial charge in [0, 0.05) is 14.5 Å². The molecule has 1 heterocycles. The molecule has 34 heavy (non-hydrogen) atoms. The number of anilines is 1. The Morgan fingerprint density at radius 2 is 1.79 bits per heavy atom. The van der Waals surface area contributed by atoms with Crippen molar-refractivity contribution in [3.63, 3.8) is 0 Å². The second kappa shape index (κ2) is 10.1. The lowest BCUT2D eigenvalue weighted by Gasteiger charge is -2.27. The van der Waals surface area contributed by atoms with E-state index >= 15 is 0 Å². The summed E-state index contributed by atoms with van der Waals surface area (Å²) in [5.74, 6) is -1.03. The monoisotopic (exact) mass is 602 g/mol. The van der Waals surface area contributed by atoms with Crippen molar-refractivity contribution in [1.82, 2.24) is 5.32 Å². The van der Waals surface area contributed by atoms with E-state index in [2.05, 4.69) is 37.2 Å². The average Bonchev–Trinajstić information content (AvgIpc) is 2.78. The maximum atomic E-state index is 13.1. The maximum Gasteiger partial charge on any atom is 0.335 e. The summed E-state index contributed by atoms with van der Waals surface area (Å²) < 4.78 is 7.55. The molecule has 0 atom stereocenters. The van der Waals surface area contributed by atoms with Gasteiger partial charge >= 0.3 is 6.03 Å². The molecule has 0 saturated carbocycles. The topological polar surface area (TPSA) is 75.7 Å². The molecule has 9 heteroatoms. The van der Waals surface area contributed by atoms with Crippen LogP contribution in [0.1, 0.15) is 16.7 Å². The van der Waals surface area contributed by atoms with Crippen LogP contribution in [0.4, 0.5) is 10.5 Å². The minimum atomic E-state index is -0.800. The van der Waals surface area contributed by atoms with Gasteiger partial charge in [0.2, 0.25) is 0 Å². The van der Waals surface area contributed by atoms with E-state index in [0.29, 0.717) is 34.2 Å². The molecule has 0 bridgehead atoms. The third-order valence-electron chi connectivity index (χ3n) is 5.11. The fraction of sp³-hybridized carbons (Fsp3) is 0.0800. The Morgan fingerprint density at radius 1 is 1.03 bits per heavy atom. The van der Waals surface area contributed by atoms with E-state index in [1.54, 1.807) is 43.3 Å². The summed E-state index contributed by atoms with van der Waals surface area (Å²) in [6, 6.07) is 17.0. The Kier molecular flexibility index (Phi) is 7.21. The first-order valence-corrected chi connectivity index (χ1v) is 12.0. The van der Waals surface area contributed by atoms with Gasteiger partial charge in [0.15, 0.2) is 0 Å². The zero-order chi connectivity index (χ0) is 24.4. The number of nitrogens with one attached hydrogen (secondary N) is 1. The third-order valence-corrected chi connectivity index (χ3v) is 6.67. The number of aryl methyl sites for hydroxylation is 1. The largest absolute Gasteiger partial charge is 0.487 e. The number of carbonyl (C=O) groups excluding carboxylic acids is 3. The summed E-state index contributed by atoms with van der Waals surface area (Å²) in [7, 11) is 0. The highest BCUT2D eigenvalue weighted by Gasteiger charge is 2.37. The normalized spacial score (nSPS) is 15.0. The number of ether oxygens (including phenoxy) is 1. The molecule has 1 saturated heterocycles. The average molecular weight is 605 g/mol. The van der Waals surface area contributed by atoms with Gasteiger partial charge in [0.25, 0.3) is 11.8 Å². The van der Waals surface area contributed by atoms with Crippen LogP contribution in [-0.2, 0) is 16.2 Å². The highest BCUT2D eigenvalue weighted by Crippen LogP contribution is 2.30. The molecule has 1 aliphatic rings. The van der Waals surface area contributed by atoms with Crippen LogP contribution < -0.4 is 15.0 Å². The first kappa shape index (κ1) is 24.2. The van der Waals surface area contributed by atoms with Crippen LogP contribution in [0.25, 0.3) is 6.08 Å². The molecule has 0 aliphatic carbocycles. The standard InChI is InChI=1S/C25H17Br2ClN2O4/c1-14-10-17(26)7-8-21(14)30-24(32)18(23(31)29-25(30)33)11-15-6-9-22(20(28)12-15)34-13-16-4-2-3-5-19(16)27/h2-12H,13H2,1H3,(H,29,31,33)/b18-11-. The summed E-state index contributed by atoms with van der Waals surface area (Å²) in [6.07, 6.45) is 1.40. The van der Waals surface area contributed by atoms with Crippen molar-refractivity contribution < 1.29 is 19.1 Å². The van der Waals surface area contributed by atoms with Crippen molar-refractivity contribution >= 4 is 73.1 Å². The van der Waals surface area contributed by atoms with Crippen LogP contribution in [0.3, 0.4) is 0 Å². The number of nitrogens with zero attached hydrogens (tertiary/aromatic N) is 1. The predicted molar refractivity (Wildman–Crippen MR) is 138 cm³/mol. The molecule has 0 aromatic heterocycles. The third kappa shape index (κ3) is 5.09. The fourth-order valence-corrected chi connectivity index (χ4v) is 4.53. The lowest BCUT2D eigenvalue weighted by Crippen LogP contribution is -2.54. The SMILES string of the molecule is Cc1cc(Br)ccc1N1C(=O)NC(=O)/C(=C/c2ccc(OCc3ccccc3Br)c(Cl)c2)C1=O. The van der Waals surface area contributed by atoms with Gasteiger partial charge in [-0.1, -0.05) is 67.7 Å². The van der Waals surface area contributed by atoms with Crippen LogP contribution >= 0.6 is 43.5 Å². The molecule has 172 valence electrons. The summed E-state index contributed by atoms with van der Waals surface area (Å²) in [5.41, 5.74) is 2.37. The van der Waals surface area contributed by atoms with E-state index in [0.717, 1.165) is 19.4 Å². The highest BCUT2D eigenvalue weighted by molar-refractivity contribution is 9.10. The quantitative estimate of drug-likeness (QED) is 0.270. The number of amides is 4. The van der Waals surface area contributed by atoms with Crippen molar-refractivity contribution in [3.8, 4) is 5.75 Å². The number of imide groups is 2. The van der Waals surface area contributed by atoms with Crippen LogP contribution in [0, 0.1) is 6.92 Å². The van der Waals surface area contributed by atoms with Gasteiger partial charge in [-0.25, -0.2) is 9.69 Å². The van der Waals surface area contributed by atoms with Crippen molar-refractivity contribution in [3.05, 3.63) is 96.9 Å². The Labute approximate surface area is 217 Å². The molecule has 3 aromatic rings. The molecule has 3 aromatic carbocycles. The summed E-state index contributed by atoms with van der Waals surface area (Å²) >= 11 is 13.2. The molecular weight excluding hydrogens is 588 g/mol. The van der Waals surface area contributed by atoms with E-state index in [1.807, 2.05) is 24.3 Å². The van der Waals surface area contributed by atoms with Gasteiger partial charge in [-0.2, -0.15) is 0 Å². The number of halogens is 3. The Hall–Kier alpha value is -2.94. The summed E-state index contributed by atoms with van der Waals surface area (Å²) in [5, 5.41) is 2.55. The molecule has 0 radical (unpaired) electrons. The minimum absolute atomic E-state index is 0.181. The number of benzene rings is 3. The number of carbonyl (C=O) groups is 3. The van der Waals surface area contributed by atoms with Crippen LogP contribution in [0.2, 0.25) is 5.02 Å². The first-order valence-electron chi connectivity index (χ1n) is 10.1. The molecule has 6 nitrogen and oxygen atoms in total. The molecule has 0 unspecified atom stereocenters. The molecule has 1 aliphatic heterocycles. The lowest BCUT2D eigenvalue weighted by atomic mass is 10.1. The van der Waals surface area contributed by atoms with Crippen LogP contribution in [0.5, 0.6) is 5.75 Å². The van der Waals surface area contributed by atoms with E-state index in [1.165, 1.54) is 6.08 Å². The van der Waals surface area contributed by atoms with E-state index in [9.17, 15) is 14.4 Å². The van der Waals surface area contributed by atoms with E-state index in [4.69, 9.17) is 16.3 Å². The van der Waals surface area contributed by atoms with Gasteiger partial charge < -0.3 is 4.74 Å². The van der Waals surface area contributed by atoms with Crippen molar-refractivity contribution in [2.75, 3.05) is 4.90 Å². The summed E-state index contributed by atoms with van der Waals surface area (Å²) in [6.45, 7) is 2.08. The number of hydrogen-bond donors (Lipinski definition) is 1. The number of urea groups is 1. The van der Waals surface area contributed by atoms with Gasteiger partial charge in [-0.05, 0) is 60.5 Å². The predicted octanol–water partition coefficient (Wildman–Crippen LogP) is 6.42. The second-order valence-electron chi connectivity index (χ2n) is 7.46. The lowest BCUT2D eigenvalue weighted by molar-refractivity contribution is -0.122. The number of hydrogen-bond acceptors (Lipinski definition) is 4. The molecule has 4 amide bonds. The van der Waals surface area contributed by atoms with Crippen molar-refractivity contribution in [1.29, 1.82) is 0 Å². The highest BCUT2D eigenvalue weighted by atomic mass is 79.9. The number of rotatable bonds is 5. The van der Waals surface area contributed by atoms with E-state index in [-0.39, 0.29) is 5.57 Å². The van der Waals surface area contributed by atoms with Gasteiger partial charge in [-0.15, -0.1) is 0 Å².